The highest BCUT2D eigenvalue weighted by Crippen LogP contribution is 2.32. The Hall–Kier alpha value is -4.28. The van der Waals surface area contributed by atoms with Crippen molar-refractivity contribution < 1.29 is 41.0 Å². The molecule has 0 bridgehead atoms. The summed E-state index contributed by atoms with van der Waals surface area (Å²) >= 11 is 1.22. The SMILES string of the molecule is CCCc1ccc(CNC(=O)C2CN(c3nc4cc(C(=O)O)ncc4s3)CCN2S(=O)(=O)c2ccc(OC(F)(F)F)cc2)cc1. The van der Waals surface area contributed by atoms with Gasteiger partial charge >= 0.3 is 12.3 Å². The number of pyridine rings is 1. The van der Waals surface area contributed by atoms with E-state index in [1.54, 1.807) is 4.90 Å². The molecule has 2 aromatic heterocycles. The maximum absolute atomic E-state index is 13.7. The zero-order valence-corrected chi connectivity index (χ0v) is 25.5. The van der Waals surface area contributed by atoms with Crippen LogP contribution in [0.2, 0.25) is 0 Å². The first-order valence-electron chi connectivity index (χ1n) is 13.8. The van der Waals surface area contributed by atoms with Crippen molar-refractivity contribution in [1.82, 2.24) is 19.6 Å². The zero-order chi connectivity index (χ0) is 32.4. The third-order valence-corrected chi connectivity index (χ3v) is 10.1. The van der Waals surface area contributed by atoms with Crippen molar-refractivity contribution in [2.24, 2.45) is 0 Å². The van der Waals surface area contributed by atoms with Gasteiger partial charge in [-0.25, -0.2) is 23.2 Å². The molecule has 2 N–H and O–H groups in total. The highest BCUT2D eigenvalue weighted by atomic mass is 32.2. The van der Waals surface area contributed by atoms with Crippen molar-refractivity contribution in [2.75, 3.05) is 24.5 Å². The molecule has 0 radical (unpaired) electrons. The Morgan fingerprint density at radius 3 is 2.42 bits per heavy atom. The predicted molar refractivity (Wildman–Crippen MR) is 160 cm³/mol. The van der Waals surface area contributed by atoms with Gasteiger partial charge in [-0.15, -0.1) is 13.2 Å². The molecule has 16 heteroatoms. The van der Waals surface area contributed by atoms with E-state index in [0.29, 0.717) is 15.3 Å². The van der Waals surface area contributed by atoms with Crippen LogP contribution in [0.25, 0.3) is 10.2 Å². The number of hydrogen-bond acceptors (Lipinski definition) is 9. The van der Waals surface area contributed by atoms with Gasteiger partial charge in [0.25, 0.3) is 0 Å². The number of benzene rings is 2. The summed E-state index contributed by atoms with van der Waals surface area (Å²) in [7, 11) is -4.34. The van der Waals surface area contributed by atoms with Gasteiger partial charge in [-0.3, -0.25) is 4.79 Å². The van der Waals surface area contributed by atoms with Crippen LogP contribution in [0.1, 0.15) is 35.0 Å². The fourth-order valence-corrected chi connectivity index (χ4v) is 7.40. The molecule has 11 nitrogen and oxygen atoms in total. The average molecular weight is 664 g/mol. The lowest BCUT2D eigenvalue weighted by Gasteiger charge is -2.39. The summed E-state index contributed by atoms with van der Waals surface area (Å²) in [5, 5.41) is 12.5. The van der Waals surface area contributed by atoms with Crippen molar-refractivity contribution in [2.45, 2.75) is 43.6 Å². The van der Waals surface area contributed by atoms with Crippen LogP contribution in [0.15, 0.2) is 65.7 Å². The molecule has 1 amide bonds. The second-order valence-electron chi connectivity index (χ2n) is 10.2. The number of nitrogens with one attached hydrogen (secondary N) is 1. The number of aryl methyl sites for hydroxylation is 1. The number of nitrogens with zero attached hydrogens (tertiary/aromatic N) is 4. The highest BCUT2D eigenvalue weighted by molar-refractivity contribution is 7.89. The van der Waals surface area contributed by atoms with Crippen molar-refractivity contribution in [3.05, 3.63) is 77.6 Å². The maximum atomic E-state index is 13.7. The zero-order valence-electron chi connectivity index (χ0n) is 23.8. The number of piperazine rings is 1. The molecule has 238 valence electrons. The lowest BCUT2D eigenvalue weighted by atomic mass is 10.1. The molecule has 45 heavy (non-hydrogen) atoms. The highest BCUT2D eigenvalue weighted by Gasteiger charge is 2.41. The topological polar surface area (TPSA) is 142 Å². The van der Waals surface area contributed by atoms with Gasteiger partial charge in [-0.1, -0.05) is 48.9 Å². The summed E-state index contributed by atoms with van der Waals surface area (Å²) in [5.41, 5.74) is 2.19. The smallest absolute Gasteiger partial charge is 0.477 e. The third-order valence-electron chi connectivity index (χ3n) is 7.08. The number of halogens is 3. The van der Waals surface area contributed by atoms with E-state index in [2.05, 4.69) is 26.9 Å². The number of sulfonamides is 1. The molecule has 1 saturated heterocycles. The molecule has 4 aromatic rings. The number of aromatic carboxylic acids is 1. The lowest BCUT2D eigenvalue weighted by Crippen LogP contribution is -2.60. The van der Waals surface area contributed by atoms with Crippen molar-refractivity contribution in [1.29, 1.82) is 0 Å². The van der Waals surface area contributed by atoms with E-state index in [1.807, 2.05) is 24.3 Å². The fourth-order valence-electron chi connectivity index (χ4n) is 4.88. The molecule has 5 rings (SSSR count). The largest absolute Gasteiger partial charge is 0.573 e. The van der Waals surface area contributed by atoms with Crippen LogP contribution in [0.5, 0.6) is 5.75 Å². The van der Waals surface area contributed by atoms with Gasteiger partial charge in [0.15, 0.2) is 5.13 Å². The number of carboxylic acids is 1. The number of hydrogen-bond donors (Lipinski definition) is 2. The Labute approximate surface area is 260 Å². The molecular formula is C29H28F3N5O6S2. The number of alkyl halides is 3. The van der Waals surface area contributed by atoms with Crippen molar-refractivity contribution in [3.8, 4) is 5.75 Å². The van der Waals surface area contributed by atoms with Gasteiger partial charge < -0.3 is 20.1 Å². The van der Waals surface area contributed by atoms with Crippen molar-refractivity contribution >= 4 is 48.6 Å². The summed E-state index contributed by atoms with van der Waals surface area (Å²) in [6.45, 7) is 2.13. The first-order valence-corrected chi connectivity index (χ1v) is 16.1. The molecular weight excluding hydrogens is 635 g/mol. The maximum Gasteiger partial charge on any atom is 0.573 e. The van der Waals surface area contributed by atoms with Crippen molar-refractivity contribution in [3.63, 3.8) is 0 Å². The number of rotatable bonds is 10. The Balaban J connectivity index is 1.41. The van der Waals surface area contributed by atoms with Gasteiger partial charge in [0.05, 0.1) is 15.1 Å². The molecule has 3 heterocycles. The molecule has 1 aliphatic rings. The number of thiazole rings is 1. The normalized spacial score (nSPS) is 16.1. The van der Waals surface area contributed by atoms with Gasteiger partial charge in [0.2, 0.25) is 15.9 Å². The van der Waals surface area contributed by atoms with Crippen LogP contribution >= 0.6 is 11.3 Å². The number of fused-ring (bicyclic) bond motifs is 1. The van der Waals surface area contributed by atoms with Gasteiger partial charge in [-0.05, 0) is 47.9 Å². The minimum Gasteiger partial charge on any atom is -0.477 e. The van der Waals surface area contributed by atoms with E-state index < -0.39 is 40.1 Å². The van der Waals surface area contributed by atoms with Gasteiger partial charge in [0.1, 0.15) is 17.5 Å². The number of carbonyl (C=O) groups excluding carboxylic acids is 1. The van der Waals surface area contributed by atoms with Crippen LogP contribution < -0.4 is 15.0 Å². The standard InChI is InChI=1S/C29H28F3N5O6S2/c1-2-3-18-4-6-19(7-5-18)15-34-26(38)24-17-36(28-35-22-14-23(27(39)40)33-16-25(22)44-28)12-13-37(24)45(41,42)21-10-8-20(9-11-21)43-29(30,31)32/h4-11,14,16,24H,2-3,12-13,15,17H2,1H3,(H,34,38)(H,39,40). The molecule has 1 unspecified atom stereocenters. The van der Waals surface area contributed by atoms with Crippen LogP contribution in [0.4, 0.5) is 18.3 Å². The summed E-state index contributed by atoms with van der Waals surface area (Å²) in [4.78, 5) is 34.8. The minimum atomic E-state index is -4.94. The number of amides is 1. The van der Waals surface area contributed by atoms with Crippen LogP contribution in [-0.4, -0.2) is 71.7 Å². The molecule has 0 spiro atoms. The number of anilines is 1. The second-order valence-corrected chi connectivity index (χ2v) is 13.1. The number of ether oxygens (including phenoxy) is 1. The monoisotopic (exact) mass is 663 g/mol. The fraction of sp³-hybridized carbons (Fsp3) is 0.310. The van der Waals surface area contributed by atoms with Gasteiger partial charge in [0, 0.05) is 32.4 Å². The third kappa shape index (κ3) is 7.51. The molecule has 0 aliphatic carbocycles. The first kappa shape index (κ1) is 32.1. The molecule has 1 atom stereocenters. The van der Waals surface area contributed by atoms with Crippen LogP contribution in [0, 0.1) is 0 Å². The Bertz CT molecular complexity index is 1800. The second kappa shape index (κ2) is 13.0. The Kier molecular flexibility index (Phi) is 9.27. The average Bonchev–Trinajstić information content (AvgIpc) is 3.43. The summed E-state index contributed by atoms with van der Waals surface area (Å²) in [6, 6.07) is 11.6. The van der Waals surface area contributed by atoms with E-state index >= 15 is 0 Å². The summed E-state index contributed by atoms with van der Waals surface area (Å²) in [5.74, 6) is -2.37. The quantitative estimate of drug-likeness (QED) is 0.252. The van der Waals surface area contributed by atoms with Crippen LogP contribution in [0.3, 0.4) is 0 Å². The predicted octanol–water partition coefficient (Wildman–Crippen LogP) is 4.44. The first-order chi connectivity index (χ1) is 21.3. The molecule has 2 aromatic carbocycles. The summed E-state index contributed by atoms with van der Waals surface area (Å²) in [6.07, 6.45) is -1.65. The Morgan fingerprint density at radius 1 is 1.09 bits per heavy atom. The summed E-state index contributed by atoms with van der Waals surface area (Å²) < 4.78 is 70.9. The van der Waals surface area contributed by atoms with E-state index in [9.17, 15) is 36.3 Å². The number of carboxylic acid groups (broad SMARTS) is 1. The molecule has 1 aliphatic heterocycles. The minimum absolute atomic E-state index is 0.0885. The van der Waals surface area contributed by atoms with E-state index in [1.165, 1.54) is 23.6 Å². The number of carbonyl (C=O) groups is 2. The van der Waals surface area contributed by atoms with E-state index in [4.69, 9.17) is 0 Å². The molecule has 1 fully saturated rings. The van der Waals surface area contributed by atoms with E-state index in [0.717, 1.165) is 52.5 Å². The number of aromatic nitrogens is 2. The Morgan fingerprint density at radius 2 is 1.78 bits per heavy atom. The lowest BCUT2D eigenvalue weighted by molar-refractivity contribution is -0.274. The van der Waals surface area contributed by atoms with Crippen LogP contribution in [-0.2, 0) is 27.8 Å². The molecule has 0 saturated carbocycles. The van der Waals surface area contributed by atoms with E-state index in [-0.39, 0.29) is 36.8 Å². The van der Waals surface area contributed by atoms with Gasteiger partial charge in [-0.2, -0.15) is 4.31 Å².